The fourth-order valence-corrected chi connectivity index (χ4v) is 2.25. The minimum absolute atomic E-state index is 0.848. The molecule has 1 atom stereocenters. The SMILES string of the molecule is c1ccc(OCCC[C@@H]2CCCNC2)cc1. The number of hydrogen-bond donors (Lipinski definition) is 1. The van der Waals surface area contributed by atoms with E-state index in [1.165, 1.54) is 38.8 Å². The largest absolute Gasteiger partial charge is 0.494 e. The Balaban J connectivity index is 1.58. The van der Waals surface area contributed by atoms with Crippen molar-refractivity contribution >= 4 is 0 Å². The van der Waals surface area contributed by atoms with Crippen LogP contribution in [-0.2, 0) is 0 Å². The Morgan fingerprint density at radius 2 is 2.12 bits per heavy atom. The molecule has 0 aromatic heterocycles. The molecule has 1 saturated heterocycles. The molecule has 0 radical (unpaired) electrons. The fraction of sp³-hybridized carbons (Fsp3) is 0.571. The van der Waals surface area contributed by atoms with E-state index in [9.17, 15) is 0 Å². The van der Waals surface area contributed by atoms with Crippen LogP contribution in [0.1, 0.15) is 25.7 Å². The summed E-state index contributed by atoms with van der Waals surface area (Å²) < 4.78 is 5.68. The van der Waals surface area contributed by atoms with Gasteiger partial charge in [0.2, 0.25) is 0 Å². The Labute approximate surface area is 98.0 Å². The van der Waals surface area contributed by atoms with Crippen molar-refractivity contribution in [1.29, 1.82) is 0 Å². The van der Waals surface area contributed by atoms with Crippen molar-refractivity contribution in [1.82, 2.24) is 5.32 Å². The smallest absolute Gasteiger partial charge is 0.119 e. The molecule has 88 valence electrons. The van der Waals surface area contributed by atoms with Crippen LogP contribution in [0, 0.1) is 5.92 Å². The van der Waals surface area contributed by atoms with Crippen molar-refractivity contribution in [2.75, 3.05) is 19.7 Å². The van der Waals surface area contributed by atoms with Crippen LogP contribution in [0.3, 0.4) is 0 Å². The third kappa shape index (κ3) is 3.86. The number of nitrogens with one attached hydrogen (secondary N) is 1. The highest BCUT2D eigenvalue weighted by molar-refractivity contribution is 5.20. The van der Waals surface area contributed by atoms with Crippen LogP contribution >= 0.6 is 0 Å². The Bertz CT molecular complexity index is 280. The first kappa shape index (κ1) is 11.5. The van der Waals surface area contributed by atoms with Crippen LogP contribution in [0.15, 0.2) is 30.3 Å². The molecule has 1 N–H and O–H groups in total. The van der Waals surface area contributed by atoms with Crippen LogP contribution in [0.25, 0.3) is 0 Å². The van der Waals surface area contributed by atoms with E-state index < -0.39 is 0 Å². The zero-order valence-electron chi connectivity index (χ0n) is 9.82. The Kier molecular flexibility index (Phi) is 4.69. The average Bonchev–Trinajstić information content (AvgIpc) is 2.37. The second-order valence-corrected chi connectivity index (χ2v) is 4.52. The predicted octanol–water partition coefficient (Wildman–Crippen LogP) is 2.85. The number of para-hydroxylation sites is 1. The molecular formula is C14H21NO. The Morgan fingerprint density at radius 1 is 1.25 bits per heavy atom. The van der Waals surface area contributed by atoms with E-state index in [-0.39, 0.29) is 0 Å². The van der Waals surface area contributed by atoms with Gasteiger partial charge >= 0.3 is 0 Å². The predicted molar refractivity (Wildman–Crippen MR) is 66.8 cm³/mol. The number of piperidine rings is 1. The minimum atomic E-state index is 0.848. The van der Waals surface area contributed by atoms with E-state index in [2.05, 4.69) is 5.32 Å². The molecule has 0 amide bonds. The summed E-state index contributed by atoms with van der Waals surface area (Å²) in [4.78, 5) is 0. The summed E-state index contributed by atoms with van der Waals surface area (Å²) in [7, 11) is 0. The van der Waals surface area contributed by atoms with Crippen molar-refractivity contribution in [2.45, 2.75) is 25.7 Å². The van der Waals surface area contributed by atoms with Gasteiger partial charge in [0.1, 0.15) is 5.75 Å². The van der Waals surface area contributed by atoms with Gasteiger partial charge in [-0.05, 0) is 56.8 Å². The maximum atomic E-state index is 5.68. The van der Waals surface area contributed by atoms with Crippen molar-refractivity contribution in [3.63, 3.8) is 0 Å². The number of hydrogen-bond acceptors (Lipinski definition) is 2. The summed E-state index contributed by atoms with van der Waals surface area (Å²) in [5.74, 6) is 1.86. The van der Waals surface area contributed by atoms with Crippen molar-refractivity contribution < 1.29 is 4.74 Å². The lowest BCUT2D eigenvalue weighted by Crippen LogP contribution is -2.29. The molecule has 2 nitrogen and oxygen atoms in total. The van der Waals surface area contributed by atoms with Gasteiger partial charge in [-0.1, -0.05) is 18.2 Å². The molecule has 0 spiro atoms. The number of rotatable bonds is 5. The normalized spacial score (nSPS) is 20.6. The molecule has 16 heavy (non-hydrogen) atoms. The minimum Gasteiger partial charge on any atom is -0.494 e. The summed E-state index contributed by atoms with van der Waals surface area (Å²) in [5.41, 5.74) is 0. The van der Waals surface area contributed by atoms with Crippen molar-refractivity contribution in [3.8, 4) is 5.75 Å². The van der Waals surface area contributed by atoms with Crippen molar-refractivity contribution in [2.24, 2.45) is 5.92 Å². The zero-order valence-corrected chi connectivity index (χ0v) is 9.82. The molecule has 1 aliphatic rings. The van der Waals surface area contributed by atoms with Gasteiger partial charge in [0.15, 0.2) is 0 Å². The lowest BCUT2D eigenvalue weighted by atomic mass is 9.95. The van der Waals surface area contributed by atoms with Crippen molar-refractivity contribution in [3.05, 3.63) is 30.3 Å². The Morgan fingerprint density at radius 3 is 2.88 bits per heavy atom. The third-order valence-electron chi connectivity index (χ3n) is 3.17. The molecule has 0 saturated carbocycles. The number of benzene rings is 1. The summed E-state index contributed by atoms with van der Waals surface area (Å²) in [6.45, 7) is 3.25. The molecule has 1 aromatic rings. The first-order chi connectivity index (χ1) is 7.95. The molecule has 1 aliphatic heterocycles. The van der Waals surface area contributed by atoms with Gasteiger partial charge in [0.25, 0.3) is 0 Å². The quantitative estimate of drug-likeness (QED) is 0.769. The van der Waals surface area contributed by atoms with Crippen LogP contribution in [0.5, 0.6) is 5.75 Å². The van der Waals surface area contributed by atoms with E-state index in [4.69, 9.17) is 4.74 Å². The monoisotopic (exact) mass is 219 g/mol. The maximum Gasteiger partial charge on any atom is 0.119 e. The van der Waals surface area contributed by atoms with Gasteiger partial charge < -0.3 is 10.1 Å². The first-order valence-electron chi connectivity index (χ1n) is 6.34. The molecule has 1 fully saturated rings. The van der Waals surface area contributed by atoms with E-state index in [1.54, 1.807) is 0 Å². The molecule has 1 heterocycles. The van der Waals surface area contributed by atoms with E-state index in [0.29, 0.717) is 0 Å². The lowest BCUT2D eigenvalue weighted by Gasteiger charge is -2.22. The second-order valence-electron chi connectivity index (χ2n) is 4.52. The summed E-state index contributed by atoms with van der Waals surface area (Å²) in [5, 5.41) is 3.45. The van der Waals surface area contributed by atoms with Crippen LogP contribution in [0.2, 0.25) is 0 Å². The fourth-order valence-electron chi connectivity index (χ4n) is 2.25. The average molecular weight is 219 g/mol. The van der Waals surface area contributed by atoms with Crippen LogP contribution in [-0.4, -0.2) is 19.7 Å². The molecule has 0 aliphatic carbocycles. The van der Waals surface area contributed by atoms with Gasteiger partial charge in [-0.3, -0.25) is 0 Å². The van der Waals surface area contributed by atoms with Gasteiger partial charge in [0.05, 0.1) is 6.61 Å². The van der Waals surface area contributed by atoms with E-state index in [1.807, 2.05) is 30.3 Å². The van der Waals surface area contributed by atoms with Crippen LogP contribution in [0.4, 0.5) is 0 Å². The lowest BCUT2D eigenvalue weighted by molar-refractivity contribution is 0.275. The van der Waals surface area contributed by atoms with Crippen LogP contribution < -0.4 is 10.1 Å². The maximum absolute atomic E-state index is 5.68. The standard InChI is InChI=1S/C14H21NO/c1-2-8-14(9-3-1)16-11-5-7-13-6-4-10-15-12-13/h1-3,8-9,13,15H,4-7,10-12H2/t13-/m0/s1. The highest BCUT2D eigenvalue weighted by Crippen LogP contribution is 2.16. The second kappa shape index (κ2) is 6.54. The molecular weight excluding hydrogens is 198 g/mol. The molecule has 2 rings (SSSR count). The van der Waals surface area contributed by atoms with E-state index in [0.717, 1.165) is 18.3 Å². The van der Waals surface area contributed by atoms with E-state index >= 15 is 0 Å². The third-order valence-corrected chi connectivity index (χ3v) is 3.17. The summed E-state index contributed by atoms with van der Waals surface area (Å²) in [6, 6.07) is 10.1. The van der Waals surface area contributed by atoms with Gasteiger partial charge in [-0.25, -0.2) is 0 Å². The molecule has 2 heteroatoms. The zero-order chi connectivity index (χ0) is 11.1. The van der Waals surface area contributed by atoms with Gasteiger partial charge in [-0.15, -0.1) is 0 Å². The van der Waals surface area contributed by atoms with Gasteiger partial charge in [-0.2, -0.15) is 0 Å². The molecule has 0 unspecified atom stereocenters. The summed E-state index contributed by atoms with van der Waals surface area (Å²) >= 11 is 0. The summed E-state index contributed by atoms with van der Waals surface area (Å²) in [6.07, 6.45) is 5.18. The molecule has 0 bridgehead atoms. The first-order valence-corrected chi connectivity index (χ1v) is 6.34. The highest BCUT2D eigenvalue weighted by atomic mass is 16.5. The molecule has 1 aromatic carbocycles. The number of ether oxygens (including phenoxy) is 1. The Hall–Kier alpha value is -1.02. The topological polar surface area (TPSA) is 21.3 Å². The highest BCUT2D eigenvalue weighted by Gasteiger charge is 2.11. The van der Waals surface area contributed by atoms with Gasteiger partial charge in [0, 0.05) is 0 Å².